The van der Waals surface area contributed by atoms with Crippen LogP contribution in [0, 0.1) is 5.82 Å². The maximum Gasteiger partial charge on any atom is 0.263 e. The molecule has 0 atom stereocenters. The van der Waals surface area contributed by atoms with Crippen molar-refractivity contribution >= 4 is 21.5 Å². The van der Waals surface area contributed by atoms with Crippen LogP contribution >= 0.6 is 0 Å². The van der Waals surface area contributed by atoms with Gasteiger partial charge < -0.3 is 5.32 Å². The summed E-state index contributed by atoms with van der Waals surface area (Å²) in [6.07, 6.45) is 7.69. The zero-order valence-corrected chi connectivity index (χ0v) is 14.0. The number of anilines is 2. The van der Waals surface area contributed by atoms with Gasteiger partial charge in [0.1, 0.15) is 11.6 Å². The fourth-order valence-electron chi connectivity index (χ4n) is 2.83. The summed E-state index contributed by atoms with van der Waals surface area (Å²) in [7, 11) is -3.77. The molecule has 1 fully saturated rings. The van der Waals surface area contributed by atoms with Crippen molar-refractivity contribution in [2.24, 2.45) is 0 Å². The number of pyridine rings is 1. The van der Waals surface area contributed by atoms with Gasteiger partial charge in [-0.1, -0.05) is 19.3 Å². The molecule has 3 rings (SSSR count). The molecule has 128 valence electrons. The maximum absolute atomic E-state index is 12.9. The standard InChI is InChI=1S/C17H20FN3O2S/c18-13-6-9-16(10-7-13)24(22,23)21-17-11-8-15(12-19-17)20-14-4-2-1-3-5-14/h6-12,14,20H,1-5H2,(H,19,21). The van der Waals surface area contributed by atoms with Crippen LogP contribution in [0.25, 0.3) is 0 Å². The van der Waals surface area contributed by atoms with E-state index in [1.807, 2.05) is 6.07 Å². The van der Waals surface area contributed by atoms with E-state index in [1.54, 1.807) is 12.3 Å². The first-order valence-electron chi connectivity index (χ1n) is 8.04. The Morgan fingerprint density at radius 1 is 1.00 bits per heavy atom. The molecule has 1 aromatic carbocycles. The molecule has 7 heteroatoms. The average molecular weight is 349 g/mol. The predicted molar refractivity (Wildman–Crippen MR) is 91.9 cm³/mol. The molecule has 0 aliphatic heterocycles. The molecule has 5 nitrogen and oxygen atoms in total. The average Bonchev–Trinajstić information content (AvgIpc) is 2.58. The van der Waals surface area contributed by atoms with Gasteiger partial charge in [-0.2, -0.15) is 0 Å². The number of benzene rings is 1. The van der Waals surface area contributed by atoms with E-state index in [0.29, 0.717) is 6.04 Å². The van der Waals surface area contributed by atoms with Crippen molar-refractivity contribution in [1.29, 1.82) is 0 Å². The predicted octanol–water partition coefficient (Wildman–Crippen LogP) is 3.77. The van der Waals surface area contributed by atoms with Gasteiger partial charge in [-0.05, 0) is 49.2 Å². The molecule has 0 bridgehead atoms. The van der Waals surface area contributed by atoms with Gasteiger partial charge in [0.05, 0.1) is 16.8 Å². The number of halogens is 1. The van der Waals surface area contributed by atoms with Crippen LogP contribution in [0.1, 0.15) is 32.1 Å². The highest BCUT2D eigenvalue weighted by Crippen LogP contribution is 2.22. The molecule has 2 N–H and O–H groups in total. The number of hydrogen-bond donors (Lipinski definition) is 2. The molecular formula is C17H20FN3O2S. The van der Waals surface area contributed by atoms with Crippen LogP contribution in [0.2, 0.25) is 0 Å². The molecule has 1 aliphatic rings. The normalized spacial score (nSPS) is 15.9. The molecular weight excluding hydrogens is 329 g/mol. The molecule has 24 heavy (non-hydrogen) atoms. The second-order valence-electron chi connectivity index (χ2n) is 5.97. The molecule has 1 heterocycles. The number of nitrogens with zero attached hydrogens (tertiary/aromatic N) is 1. The lowest BCUT2D eigenvalue weighted by molar-refractivity contribution is 0.462. The minimum atomic E-state index is -3.77. The van der Waals surface area contributed by atoms with Gasteiger partial charge in [0, 0.05) is 6.04 Å². The Balaban J connectivity index is 1.66. The van der Waals surface area contributed by atoms with E-state index in [4.69, 9.17) is 0 Å². The fourth-order valence-corrected chi connectivity index (χ4v) is 3.84. The van der Waals surface area contributed by atoms with E-state index >= 15 is 0 Å². The van der Waals surface area contributed by atoms with Crippen LogP contribution in [0.15, 0.2) is 47.5 Å². The van der Waals surface area contributed by atoms with Crippen LogP contribution in [0.4, 0.5) is 15.9 Å². The monoisotopic (exact) mass is 349 g/mol. The van der Waals surface area contributed by atoms with Gasteiger partial charge >= 0.3 is 0 Å². The zero-order valence-electron chi connectivity index (χ0n) is 13.2. The Morgan fingerprint density at radius 3 is 2.33 bits per heavy atom. The van der Waals surface area contributed by atoms with Gasteiger partial charge in [-0.25, -0.2) is 17.8 Å². The Labute approximate surface area is 141 Å². The number of hydrogen-bond acceptors (Lipinski definition) is 4. The lowest BCUT2D eigenvalue weighted by atomic mass is 9.95. The number of aromatic nitrogens is 1. The van der Waals surface area contributed by atoms with Crippen LogP contribution < -0.4 is 10.0 Å². The van der Waals surface area contributed by atoms with E-state index in [9.17, 15) is 12.8 Å². The number of sulfonamides is 1. The van der Waals surface area contributed by atoms with E-state index < -0.39 is 15.8 Å². The highest BCUT2D eigenvalue weighted by molar-refractivity contribution is 7.92. The second-order valence-corrected chi connectivity index (χ2v) is 7.65. The topological polar surface area (TPSA) is 71.1 Å². The molecule has 1 aromatic heterocycles. The van der Waals surface area contributed by atoms with Crippen LogP contribution in [-0.4, -0.2) is 19.4 Å². The zero-order chi connectivity index (χ0) is 17.0. The molecule has 0 unspecified atom stereocenters. The lowest BCUT2D eigenvalue weighted by Crippen LogP contribution is -2.22. The Kier molecular flexibility index (Phi) is 4.99. The third-order valence-electron chi connectivity index (χ3n) is 4.10. The summed E-state index contributed by atoms with van der Waals surface area (Å²) < 4.78 is 39.8. The van der Waals surface area contributed by atoms with Gasteiger partial charge in [-0.15, -0.1) is 0 Å². The quantitative estimate of drug-likeness (QED) is 0.862. The van der Waals surface area contributed by atoms with Gasteiger partial charge in [0.25, 0.3) is 10.0 Å². The summed E-state index contributed by atoms with van der Waals surface area (Å²) in [5.74, 6) is -0.251. The lowest BCUT2D eigenvalue weighted by Gasteiger charge is -2.23. The van der Waals surface area contributed by atoms with Crippen LogP contribution in [-0.2, 0) is 10.0 Å². The van der Waals surface area contributed by atoms with Crippen molar-refractivity contribution in [2.75, 3.05) is 10.0 Å². The molecule has 1 aliphatic carbocycles. The summed E-state index contributed by atoms with van der Waals surface area (Å²) in [5, 5.41) is 3.43. The molecule has 0 saturated heterocycles. The molecule has 1 saturated carbocycles. The van der Waals surface area contributed by atoms with Crippen molar-refractivity contribution in [3.05, 3.63) is 48.4 Å². The number of nitrogens with one attached hydrogen (secondary N) is 2. The molecule has 0 amide bonds. The summed E-state index contributed by atoms with van der Waals surface area (Å²) in [5.41, 5.74) is 0.881. The van der Waals surface area contributed by atoms with Gasteiger partial charge in [-0.3, -0.25) is 4.72 Å². The Morgan fingerprint density at radius 2 is 1.71 bits per heavy atom. The van der Waals surface area contributed by atoms with Gasteiger partial charge in [0.15, 0.2) is 0 Å². The SMILES string of the molecule is O=S(=O)(Nc1ccc(NC2CCCCC2)cn1)c1ccc(F)cc1. The third kappa shape index (κ3) is 4.23. The van der Waals surface area contributed by atoms with Crippen molar-refractivity contribution in [2.45, 2.75) is 43.0 Å². The number of rotatable bonds is 5. The van der Waals surface area contributed by atoms with Crippen LogP contribution in [0.3, 0.4) is 0 Å². The summed E-state index contributed by atoms with van der Waals surface area (Å²) in [6, 6.07) is 8.55. The minimum absolute atomic E-state index is 0.00453. The summed E-state index contributed by atoms with van der Waals surface area (Å²) in [6.45, 7) is 0. The first-order chi connectivity index (χ1) is 11.5. The molecule has 0 spiro atoms. The molecule has 2 aromatic rings. The van der Waals surface area contributed by atoms with Gasteiger partial charge in [0.2, 0.25) is 0 Å². The van der Waals surface area contributed by atoms with E-state index in [0.717, 1.165) is 30.7 Å². The maximum atomic E-state index is 12.9. The van der Waals surface area contributed by atoms with Crippen molar-refractivity contribution < 1.29 is 12.8 Å². The largest absolute Gasteiger partial charge is 0.381 e. The minimum Gasteiger partial charge on any atom is -0.381 e. The Hall–Kier alpha value is -2.15. The van der Waals surface area contributed by atoms with Crippen molar-refractivity contribution in [1.82, 2.24) is 4.98 Å². The first kappa shape index (κ1) is 16.7. The second kappa shape index (κ2) is 7.17. The third-order valence-corrected chi connectivity index (χ3v) is 5.47. The summed E-state index contributed by atoms with van der Waals surface area (Å²) in [4.78, 5) is 4.14. The van der Waals surface area contributed by atoms with Crippen molar-refractivity contribution in [3.63, 3.8) is 0 Å². The fraction of sp³-hybridized carbons (Fsp3) is 0.353. The van der Waals surface area contributed by atoms with Crippen LogP contribution in [0.5, 0.6) is 0 Å². The van der Waals surface area contributed by atoms with E-state index in [-0.39, 0.29) is 10.7 Å². The highest BCUT2D eigenvalue weighted by Gasteiger charge is 2.16. The molecule has 0 radical (unpaired) electrons. The van der Waals surface area contributed by atoms with E-state index in [2.05, 4.69) is 15.0 Å². The first-order valence-corrected chi connectivity index (χ1v) is 9.52. The van der Waals surface area contributed by atoms with E-state index in [1.165, 1.54) is 31.4 Å². The van der Waals surface area contributed by atoms with Crippen molar-refractivity contribution in [3.8, 4) is 0 Å². The highest BCUT2D eigenvalue weighted by atomic mass is 32.2. The summed E-state index contributed by atoms with van der Waals surface area (Å²) >= 11 is 0. The smallest absolute Gasteiger partial charge is 0.263 e. The Bertz CT molecular complexity index is 770.